The number of aryl methyl sites for hydroxylation is 3. The van der Waals surface area contributed by atoms with Crippen LogP contribution in [-0.2, 0) is 24.8 Å². The van der Waals surface area contributed by atoms with Gasteiger partial charge in [0, 0.05) is 30.1 Å². The molecule has 0 radical (unpaired) electrons. The number of hydrogen-bond acceptors (Lipinski definition) is 9. The van der Waals surface area contributed by atoms with E-state index in [-0.39, 0.29) is 53.6 Å². The standard InChI is InChI=1S/C39H43ClN6O7S2/c1-7-46(24-36(46)44-54(6,48)49)29-15-16-30(26(3)22-29)41-37(39(47)43-32-23-28(40)14-18-34(32)52-5)38-42-31-11-8-9-12-35(31)55(50,51)45(38)19-10-20-53-33-17-13-25(2)21-27(33)4/h8-9,11-18,21-23,36,44H,7,10,19-20,24H2,1-6H3/p+1. The zero-order valence-electron chi connectivity index (χ0n) is 31.5. The lowest BCUT2D eigenvalue weighted by Gasteiger charge is -2.30. The molecule has 1 fully saturated rings. The number of hydrogen-bond donors (Lipinski definition) is 2. The van der Waals surface area contributed by atoms with Crippen LogP contribution in [0.4, 0.5) is 22.7 Å². The number of fused-ring (bicyclic) bond motifs is 1. The largest absolute Gasteiger partial charge is 0.495 e. The number of methoxy groups -OCH3 is 1. The van der Waals surface area contributed by atoms with Gasteiger partial charge in [-0.05, 0) is 81.3 Å². The number of carbonyl (C=O) groups excluding carboxylic acids is 1. The first-order valence-electron chi connectivity index (χ1n) is 17.7. The van der Waals surface area contributed by atoms with E-state index >= 15 is 0 Å². The Morgan fingerprint density at radius 3 is 2.45 bits per heavy atom. The number of aliphatic imine (C=N–C) groups is 2. The maximum absolute atomic E-state index is 14.5. The van der Waals surface area contributed by atoms with Gasteiger partial charge in [-0.3, -0.25) is 9.28 Å². The highest BCUT2D eigenvalue weighted by molar-refractivity contribution is 7.90. The summed E-state index contributed by atoms with van der Waals surface area (Å²) in [5, 5.41) is 3.16. The summed E-state index contributed by atoms with van der Waals surface area (Å²) < 4.78 is 68.5. The first kappa shape index (κ1) is 39.9. The number of amides is 1. The van der Waals surface area contributed by atoms with Gasteiger partial charge in [0.25, 0.3) is 15.9 Å². The molecule has 0 saturated carbocycles. The number of carbonyl (C=O) groups is 1. The number of halogens is 1. The average Bonchev–Trinajstić information content (AvgIpc) is 3.83. The molecule has 290 valence electrons. The maximum atomic E-state index is 14.5. The average molecular weight is 808 g/mol. The maximum Gasteiger partial charge on any atom is 0.278 e. The molecule has 2 aliphatic heterocycles. The fraction of sp³-hybridized carbons (Fsp3) is 0.308. The number of quaternary nitrogens is 1. The van der Waals surface area contributed by atoms with Crippen molar-refractivity contribution < 1.29 is 31.1 Å². The first-order valence-corrected chi connectivity index (χ1v) is 21.4. The monoisotopic (exact) mass is 807 g/mol. The van der Waals surface area contributed by atoms with E-state index in [1.54, 1.807) is 36.4 Å². The van der Waals surface area contributed by atoms with Gasteiger partial charge >= 0.3 is 0 Å². The third kappa shape index (κ3) is 8.55. The molecule has 2 heterocycles. The van der Waals surface area contributed by atoms with Crippen LogP contribution >= 0.6 is 11.6 Å². The number of benzene rings is 4. The number of para-hydroxylation sites is 1. The third-order valence-corrected chi connectivity index (χ3v) is 12.4. The number of likely N-dealkylation sites (N-methyl/N-ethyl adjacent to an activating group) is 1. The molecule has 4 aromatic rings. The summed E-state index contributed by atoms with van der Waals surface area (Å²) in [5.41, 5.74) is 4.11. The molecule has 0 aromatic heterocycles. The number of nitrogens with zero attached hydrogens (tertiary/aromatic N) is 4. The SMILES string of the molecule is CC[N+]1(c2ccc(N=C(C(=O)Nc3cc(Cl)ccc3OC)C3=Nc4ccccc4S(=O)(=O)N3CCCOc3ccc(C)cc3C)c(C)c2)CC1NS(C)(=O)=O. The van der Waals surface area contributed by atoms with Crippen LogP contribution in [0.5, 0.6) is 11.5 Å². The molecule has 0 aliphatic carbocycles. The Morgan fingerprint density at radius 1 is 1.02 bits per heavy atom. The molecule has 2 aliphatic rings. The van der Waals surface area contributed by atoms with Crippen molar-refractivity contribution in [2.45, 2.75) is 45.2 Å². The molecule has 2 N–H and O–H groups in total. The second-order valence-corrected chi connectivity index (χ2v) is 17.7. The lowest BCUT2D eigenvalue weighted by Crippen LogP contribution is -2.47. The second kappa shape index (κ2) is 15.7. The van der Waals surface area contributed by atoms with Crippen LogP contribution in [0.2, 0.25) is 5.02 Å². The Hall–Kier alpha value is -4.80. The molecule has 0 spiro atoms. The molecule has 4 aromatic carbocycles. The van der Waals surface area contributed by atoms with Crippen LogP contribution < -0.4 is 24.0 Å². The minimum atomic E-state index is -4.22. The van der Waals surface area contributed by atoms with Gasteiger partial charge in [-0.1, -0.05) is 41.4 Å². The van der Waals surface area contributed by atoms with E-state index in [0.29, 0.717) is 45.3 Å². The van der Waals surface area contributed by atoms with Gasteiger partial charge in [0.1, 0.15) is 22.1 Å². The van der Waals surface area contributed by atoms with E-state index in [1.165, 1.54) is 19.2 Å². The normalized spacial score (nSPS) is 19.0. The molecular formula is C39H44ClN6O7S2+. The van der Waals surface area contributed by atoms with Crippen molar-refractivity contribution in [3.8, 4) is 11.5 Å². The minimum Gasteiger partial charge on any atom is -0.495 e. The quantitative estimate of drug-likeness (QED) is 0.0646. The molecule has 16 heteroatoms. The summed E-state index contributed by atoms with van der Waals surface area (Å²) in [6, 6.07) is 22.4. The highest BCUT2D eigenvalue weighted by Crippen LogP contribution is 2.40. The third-order valence-electron chi connectivity index (χ3n) is 9.63. The molecule has 0 bridgehead atoms. The fourth-order valence-corrected chi connectivity index (χ4v) is 9.24. The van der Waals surface area contributed by atoms with Gasteiger partial charge in [-0.2, -0.15) is 4.72 Å². The minimum absolute atomic E-state index is 0.00447. The topological polar surface area (TPSA) is 156 Å². The lowest BCUT2D eigenvalue weighted by molar-refractivity contribution is -0.110. The Balaban J connectivity index is 1.42. The highest BCUT2D eigenvalue weighted by atomic mass is 35.5. The van der Waals surface area contributed by atoms with Crippen molar-refractivity contribution in [3.05, 3.63) is 101 Å². The Bertz CT molecular complexity index is 2440. The van der Waals surface area contributed by atoms with E-state index in [2.05, 4.69) is 10.0 Å². The van der Waals surface area contributed by atoms with Crippen molar-refractivity contribution >= 4 is 71.9 Å². The van der Waals surface area contributed by atoms with Crippen molar-refractivity contribution in [2.24, 2.45) is 9.98 Å². The second-order valence-electron chi connectivity index (χ2n) is 13.6. The van der Waals surface area contributed by atoms with E-state index in [4.69, 9.17) is 31.1 Å². The lowest BCUT2D eigenvalue weighted by atomic mass is 10.1. The summed E-state index contributed by atoms with van der Waals surface area (Å²) in [6.45, 7) is 9.08. The van der Waals surface area contributed by atoms with E-state index in [9.17, 15) is 21.6 Å². The number of nitrogens with one attached hydrogen (secondary N) is 2. The van der Waals surface area contributed by atoms with Crippen LogP contribution in [-0.4, -0.2) is 84.4 Å². The summed E-state index contributed by atoms with van der Waals surface area (Å²) in [6.07, 6.45) is 1.09. The van der Waals surface area contributed by atoms with Crippen LogP contribution in [0, 0.1) is 20.8 Å². The van der Waals surface area contributed by atoms with E-state index < -0.39 is 26.0 Å². The van der Waals surface area contributed by atoms with Crippen molar-refractivity contribution in [1.29, 1.82) is 0 Å². The van der Waals surface area contributed by atoms with Gasteiger partial charge in [-0.25, -0.2) is 31.1 Å². The van der Waals surface area contributed by atoms with E-state index in [1.807, 2.05) is 58.0 Å². The first-order chi connectivity index (χ1) is 26.1. The Morgan fingerprint density at radius 2 is 1.76 bits per heavy atom. The van der Waals surface area contributed by atoms with Gasteiger partial charge in [-0.15, -0.1) is 0 Å². The van der Waals surface area contributed by atoms with Crippen LogP contribution in [0.3, 0.4) is 0 Å². The van der Waals surface area contributed by atoms with Gasteiger partial charge < -0.3 is 14.8 Å². The zero-order chi connectivity index (χ0) is 39.7. The van der Waals surface area contributed by atoms with Crippen LogP contribution in [0.1, 0.15) is 30.0 Å². The fourth-order valence-electron chi connectivity index (χ4n) is 6.71. The molecule has 55 heavy (non-hydrogen) atoms. The number of ether oxygens (including phenoxy) is 2. The summed E-state index contributed by atoms with van der Waals surface area (Å²) in [4.78, 5) is 24.1. The van der Waals surface area contributed by atoms with Crippen molar-refractivity contribution in [3.63, 3.8) is 0 Å². The number of rotatable bonds is 14. The van der Waals surface area contributed by atoms with Crippen LogP contribution in [0.25, 0.3) is 0 Å². The van der Waals surface area contributed by atoms with Crippen LogP contribution in [0.15, 0.2) is 93.7 Å². The van der Waals surface area contributed by atoms with Crippen molar-refractivity contribution in [2.75, 3.05) is 44.9 Å². The molecule has 1 saturated heterocycles. The summed E-state index contributed by atoms with van der Waals surface area (Å²) >= 11 is 6.30. The number of sulfonamides is 2. The van der Waals surface area contributed by atoms with Gasteiger partial charge in [0.05, 0.1) is 43.6 Å². The zero-order valence-corrected chi connectivity index (χ0v) is 33.8. The molecular weight excluding hydrogens is 764 g/mol. The van der Waals surface area contributed by atoms with Gasteiger partial charge in [0.15, 0.2) is 18.1 Å². The molecule has 6 rings (SSSR count). The van der Waals surface area contributed by atoms with Crippen molar-refractivity contribution in [1.82, 2.24) is 13.5 Å². The Kier molecular flexibility index (Phi) is 11.4. The summed E-state index contributed by atoms with van der Waals surface area (Å²) in [7, 11) is -6.20. The van der Waals surface area contributed by atoms with Gasteiger partial charge in [0.2, 0.25) is 16.2 Å². The number of anilines is 1. The molecule has 2 unspecified atom stereocenters. The predicted octanol–water partition coefficient (Wildman–Crippen LogP) is 6.40. The molecule has 2 atom stereocenters. The molecule has 13 nitrogen and oxygen atoms in total. The predicted molar refractivity (Wildman–Crippen MR) is 217 cm³/mol. The smallest absolute Gasteiger partial charge is 0.278 e. The highest BCUT2D eigenvalue weighted by Gasteiger charge is 2.57. The Labute approximate surface area is 327 Å². The molecule has 1 amide bonds. The number of amidine groups is 1. The summed E-state index contributed by atoms with van der Waals surface area (Å²) in [5.74, 6) is 0.0864. The van der Waals surface area contributed by atoms with E-state index in [0.717, 1.165) is 27.4 Å².